The molecule has 0 saturated heterocycles. The standard InChI is InChI=1S/C22H25N3O6S/c1-5-28-16-11-14(12-17(29-6-2)19(16)30-7-3)20(26)24-25-21(27)18-13(4)32-22(23-18)15-9-8-10-31-15/h8-12H,5-7H2,1-4H3,(H,24,26)(H,25,27). The molecule has 0 aliphatic rings. The van der Waals surface area contributed by atoms with E-state index in [4.69, 9.17) is 18.6 Å². The molecule has 170 valence electrons. The number of carbonyl (C=O) groups excluding carboxylic acids is 2. The predicted octanol–water partition coefficient (Wildman–Crippen LogP) is 3.98. The Kier molecular flexibility index (Phi) is 7.72. The van der Waals surface area contributed by atoms with Gasteiger partial charge in [0, 0.05) is 10.4 Å². The summed E-state index contributed by atoms with van der Waals surface area (Å²) in [4.78, 5) is 30.3. The molecule has 3 aromatic rings. The Morgan fingerprint density at radius 2 is 1.62 bits per heavy atom. The minimum atomic E-state index is -0.539. The number of nitrogens with zero attached hydrogens (tertiary/aromatic N) is 1. The monoisotopic (exact) mass is 459 g/mol. The van der Waals surface area contributed by atoms with Crippen molar-refractivity contribution in [3.8, 4) is 28.0 Å². The van der Waals surface area contributed by atoms with E-state index >= 15 is 0 Å². The summed E-state index contributed by atoms with van der Waals surface area (Å²) in [6.45, 7) is 8.46. The predicted molar refractivity (Wildman–Crippen MR) is 119 cm³/mol. The lowest BCUT2D eigenvalue weighted by Crippen LogP contribution is -2.42. The van der Waals surface area contributed by atoms with E-state index in [9.17, 15) is 9.59 Å². The minimum Gasteiger partial charge on any atom is -0.490 e. The summed E-state index contributed by atoms with van der Waals surface area (Å²) in [7, 11) is 0. The van der Waals surface area contributed by atoms with Gasteiger partial charge in [0.1, 0.15) is 5.69 Å². The van der Waals surface area contributed by atoms with Gasteiger partial charge in [-0.1, -0.05) is 0 Å². The Bertz CT molecular complexity index is 1050. The van der Waals surface area contributed by atoms with Gasteiger partial charge < -0.3 is 18.6 Å². The number of aryl methyl sites for hydroxylation is 1. The number of furan rings is 1. The number of hydrazine groups is 1. The number of amides is 2. The van der Waals surface area contributed by atoms with Gasteiger partial charge in [-0.25, -0.2) is 4.98 Å². The fourth-order valence-electron chi connectivity index (χ4n) is 2.88. The summed E-state index contributed by atoms with van der Waals surface area (Å²) in [5.74, 6) is 0.696. The number of hydrogen-bond donors (Lipinski definition) is 2. The van der Waals surface area contributed by atoms with Crippen LogP contribution in [0.25, 0.3) is 10.8 Å². The van der Waals surface area contributed by atoms with E-state index in [1.54, 1.807) is 31.2 Å². The molecule has 1 aromatic carbocycles. The number of benzene rings is 1. The van der Waals surface area contributed by atoms with Gasteiger partial charge in [0.2, 0.25) is 5.75 Å². The van der Waals surface area contributed by atoms with Crippen molar-refractivity contribution in [3.05, 3.63) is 46.7 Å². The zero-order chi connectivity index (χ0) is 23.1. The fourth-order valence-corrected chi connectivity index (χ4v) is 3.76. The van der Waals surface area contributed by atoms with Crippen molar-refractivity contribution >= 4 is 23.2 Å². The van der Waals surface area contributed by atoms with E-state index < -0.39 is 11.8 Å². The molecule has 3 rings (SSSR count). The summed E-state index contributed by atoms with van der Waals surface area (Å²) in [5.41, 5.74) is 5.26. The highest BCUT2D eigenvalue weighted by molar-refractivity contribution is 7.15. The molecule has 0 fully saturated rings. The summed E-state index contributed by atoms with van der Waals surface area (Å²) >= 11 is 1.33. The van der Waals surface area contributed by atoms with E-state index in [1.807, 2.05) is 20.8 Å². The van der Waals surface area contributed by atoms with Crippen LogP contribution in [0.4, 0.5) is 0 Å². The fraction of sp³-hybridized carbons (Fsp3) is 0.318. The van der Waals surface area contributed by atoms with E-state index in [0.29, 0.717) is 52.7 Å². The van der Waals surface area contributed by atoms with Gasteiger partial charge in [-0.3, -0.25) is 20.4 Å². The molecule has 0 bridgehead atoms. The van der Waals surface area contributed by atoms with Crippen LogP contribution in [0.5, 0.6) is 17.2 Å². The Hall–Kier alpha value is -3.53. The molecule has 32 heavy (non-hydrogen) atoms. The van der Waals surface area contributed by atoms with E-state index in [-0.39, 0.29) is 11.3 Å². The molecule has 0 aliphatic heterocycles. The molecule has 2 N–H and O–H groups in total. The second kappa shape index (κ2) is 10.7. The van der Waals surface area contributed by atoms with Crippen LogP contribution in [0.15, 0.2) is 34.9 Å². The van der Waals surface area contributed by atoms with Gasteiger partial charge in [0.25, 0.3) is 11.8 Å². The van der Waals surface area contributed by atoms with E-state index in [2.05, 4.69) is 15.8 Å². The Morgan fingerprint density at radius 1 is 1.00 bits per heavy atom. The lowest BCUT2D eigenvalue weighted by Gasteiger charge is -2.17. The third-order valence-electron chi connectivity index (χ3n) is 4.20. The number of aromatic nitrogens is 1. The molecular formula is C22H25N3O6S. The van der Waals surface area contributed by atoms with Gasteiger partial charge in [-0.2, -0.15) is 0 Å². The number of nitrogens with one attached hydrogen (secondary N) is 2. The highest BCUT2D eigenvalue weighted by Crippen LogP contribution is 2.39. The molecule has 0 saturated carbocycles. The topological polar surface area (TPSA) is 112 Å². The largest absolute Gasteiger partial charge is 0.490 e. The first-order chi connectivity index (χ1) is 15.5. The number of ether oxygens (including phenoxy) is 3. The SMILES string of the molecule is CCOc1cc(C(=O)NNC(=O)c2nc(-c3ccco3)sc2C)cc(OCC)c1OCC. The van der Waals surface area contributed by atoms with Crippen molar-refractivity contribution in [2.75, 3.05) is 19.8 Å². The molecule has 10 heteroatoms. The summed E-state index contributed by atoms with van der Waals surface area (Å²) in [6, 6.07) is 6.60. The number of hydrogen-bond acceptors (Lipinski definition) is 8. The van der Waals surface area contributed by atoms with Crippen molar-refractivity contribution in [2.24, 2.45) is 0 Å². The van der Waals surface area contributed by atoms with Crippen LogP contribution in [0, 0.1) is 6.92 Å². The van der Waals surface area contributed by atoms with Crippen molar-refractivity contribution in [2.45, 2.75) is 27.7 Å². The third-order valence-corrected chi connectivity index (χ3v) is 5.19. The second-order valence-corrected chi connectivity index (χ2v) is 7.61. The molecule has 9 nitrogen and oxygen atoms in total. The maximum atomic E-state index is 12.7. The van der Waals surface area contributed by atoms with Crippen molar-refractivity contribution in [1.29, 1.82) is 0 Å². The maximum absolute atomic E-state index is 12.7. The van der Waals surface area contributed by atoms with Crippen LogP contribution in [0.2, 0.25) is 0 Å². The number of thiazole rings is 1. The zero-order valence-electron chi connectivity index (χ0n) is 18.3. The lowest BCUT2D eigenvalue weighted by atomic mass is 10.1. The minimum absolute atomic E-state index is 0.207. The maximum Gasteiger partial charge on any atom is 0.289 e. The molecule has 0 aliphatic carbocycles. The van der Waals surface area contributed by atoms with Crippen LogP contribution in [-0.4, -0.2) is 36.6 Å². The molecule has 0 atom stereocenters. The smallest absolute Gasteiger partial charge is 0.289 e. The van der Waals surface area contributed by atoms with Crippen LogP contribution >= 0.6 is 11.3 Å². The summed E-state index contributed by atoms with van der Waals surface area (Å²) in [6.07, 6.45) is 1.54. The molecule has 2 heterocycles. The molecule has 0 unspecified atom stereocenters. The van der Waals surface area contributed by atoms with Crippen molar-refractivity contribution in [1.82, 2.24) is 15.8 Å². The third kappa shape index (κ3) is 5.20. The van der Waals surface area contributed by atoms with Crippen LogP contribution in [0.1, 0.15) is 46.5 Å². The Labute approximate surface area is 189 Å². The first kappa shape index (κ1) is 23.1. The van der Waals surface area contributed by atoms with Crippen LogP contribution in [0.3, 0.4) is 0 Å². The normalized spacial score (nSPS) is 10.5. The summed E-state index contributed by atoms with van der Waals surface area (Å²) < 4.78 is 22.2. The Balaban J connectivity index is 1.76. The molecular weight excluding hydrogens is 434 g/mol. The zero-order valence-corrected chi connectivity index (χ0v) is 19.1. The molecule has 0 radical (unpaired) electrons. The van der Waals surface area contributed by atoms with Gasteiger partial charge in [0.05, 0.1) is 26.1 Å². The first-order valence-corrected chi connectivity index (χ1v) is 11.0. The average Bonchev–Trinajstić information content (AvgIpc) is 3.44. The quantitative estimate of drug-likeness (QED) is 0.466. The Morgan fingerprint density at radius 3 is 2.19 bits per heavy atom. The van der Waals surface area contributed by atoms with Gasteiger partial charge in [-0.15, -0.1) is 11.3 Å². The van der Waals surface area contributed by atoms with Gasteiger partial charge in [0.15, 0.2) is 22.3 Å². The molecule has 2 aromatic heterocycles. The second-order valence-electron chi connectivity index (χ2n) is 6.41. The van der Waals surface area contributed by atoms with Crippen molar-refractivity contribution < 1.29 is 28.2 Å². The van der Waals surface area contributed by atoms with E-state index in [1.165, 1.54) is 17.6 Å². The highest BCUT2D eigenvalue weighted by atomic mass is 32.1. The van der Waals surface area contributed by atoms with Gasteiger partial charge in [-0.05, 0) is 52.0 Å². The molecule has 0 spiro atoms. The first-order valence-electron chi connectivity index (χ1n) is 10.2. The summed E-state index contributed by atoms with van der Waals surface area (Å²) in [5, 5.41) is 0.582. The van der Waals surface area contributed by atoms with Gasteiger partial charge >= 0.3 is 0 Å². The van der Waals surface area contributed by atoms with Crippen LogP contribution < -0.4 is 25.1 Å². The number of rotatable bonds is 9. The van der Waals surface area contributed by atoms with Crippen LogP contribution in [-0.2, 0) is 0 Å². The van der Waals surface area contributed by atoms with Crippen molar-refractivity contribution in [3.63, 3.8) is 0 Å². The number of carbonyl (C=O) groups is 2. The molecule has 2 amide bonds. The van der Waals surface area contributed by atoms with E-state index in [0.717, 1.165) is 0 Å². The lowest BCUT2D eigenvalue weighted by molar-refractivity contribution is 0.0843. The average molecular weight is 460 g/mol. The highest BCUT2D eigenvalue weighted by Gasteiger charge is 2.21.